The second kappa shape index (κ2) is 22.2. The molecule has 4 N–H and O–H groups in total. The third-order valence-electron chi connectivity index (χ3n) is 13.5. The Kier molecular flexibility index (Phi) is 16.0. The highest BCUT2D eigenvalue weighted by atomic mass is 16.2. The largest absolute Gasteiger partial charge is 0.352 e. The Morgan fingerprint density at radius 2 is 1.10 bits per heavy atom. The molecule has 7 rings (SSSR count). The topological polar surface area (TPSA) is 157 Å². The fourth-order valence-electron chi connectivity index (χ4n) is 9.47. The number of likely N-dealkylation sites (tertiary alicyclic amines) is 1. The van der Waals surface area contributed by atoms with Crippen LogP contribution in [-0.4, -0.2) is 96.1 Å². The molecule has 4 fully saturated rings. The average Bonchev–Trinajstić information content (AvgIpc) is 4.22. The lowest BCUT2D eigenvalue weighted by molar-refractivity contribution is -0.145. The highest BCUT2D eigenvalue weighted by Gasteiger charge is 2.49. The quantitative estimate of drug-likeness (QED) is 0.0801. The van der Waals surface area contributed by atoms with E-state index in [2.05, 4.69) is 52.5 Å². The summed E-state index contributed by atoms with van der Waals surface area (Å²) in [5.74, 6) is -2.64. The number of hydrogen-bond acceptors (Lipinski definition) is 6. The second-order valence-corrected chi connectivity index (χ2v) is 18.2. The monoisotopic (exact) mass is 859 g/mol. The Morgan fingerprint density at radius 3 is 1.60 bits per heavy atom. The van der Waals surface area contributed by atoms with Crippen molar-refractivity contribution in [3.8, 4) is 0 Å². The van der Waals surface area contributed by atoms with Crippen molar-refractivity contribution >= 4 is 35.4 Å². The van der Waals surface area contributed by atoms with Gasteiger partial charge in [-0.3, -0.25) is 28.8 Å². The Labute approximate surface area is 372 Å². The summed E-state index contributed by atoms with van der Waals surface area (Å²) in [6, 6.07) is 25.5. The first-order valence-corrected chi connectivity index (χ1v) is 23.7. The Morgan fingerprint density at radius 1 is 0.619 bits per heavy atom. The molecule has 3 aromatic carbocycles. The van der Waals surface area contributed by atoms with Crippen LogP contribution in [0, 0.1) is 11.8 Å². The number of carbonyl (C=O) groups excluding carboxylic acids is 6. The molecule has 1 unspecified atom stereocenters. The SMILES string of the molecule is CCCCCCCCCCCCCCN1C(=O)CNC(=O)[C@@H]1CNC(=O)c1ccc(C(=O)N2C[C@@H](C(=O)N[C@H]3CC3c3ccccc3)[C@H](C(=O)N[C@H]3C[C@@H]3c3ccccc3)C2)cc1. The number of carbonyl (C=O) groups is 6. The smallest absolute Gasteiger partial charge is 0.253 e. The molecule has 0 radical (unpaired) electrons. The minimum absolute atomic E-state index is 0.0202. The standard InChI is InChI=1S/C51H66N6O6/c1-2-3-4-5-6-7-8-9-10-11-12-19-28-57-45(50(62)53-32-46(57)58)31-52-47(59)37-24-26-38(27-25-37)51(63)56-33-41(48(60)54-43-29-39(43)35-20-15-13-16-21-35)42(34-56)49(61)55-44-30-40(44)36-22-17-14-18-23-36/h13-18,20-27,39-45H,2-12,19,28-34H2,1H3,(H,52,59)(H,53,62)(H,54,60)(H,55,61)/t39-,40?,41-,42-,43+,44+,45+/m1/s1. The van der Waals surface area contributed by atoms with Gasteiger partial charge in [0.2, 0.25) is 23.6 Å². The average molecular weight is 859 g/mol. The lowest BCUT2D eigenvalue weighted by Gasteiger charge is -2.35. The van der Waals surface area contributed by atoms with Gasteiger partial charge in [-0.1, -0.05) is 138 Å². The first-order chi connectivity index (χ1) is 30.7. The van der Waals surface area contributed by atoms with Gasteiger partial charge in [0.25, 0.3) is 11.8 Å². The molecule has 2 saturated carbocycles. The molecule has 12 nitrogen and oxygen atoms in total. The first kappa shape index (κ1) is 45.5. The summed E-state index contributed by atoms with van der Waals surface area (Å²) >= 11 is 0. The van der Waals surface area contributed by atoms with Gasteiger partial charge >= 0.3 is 0 Å². The lowest BCUT2D eigenvalue weighted by Crippen LogP contribution is -2.61. The lowest BCUT2D eigenvalue weighted by atomic mass is 9.94. The molecule has 2 heterocycles. The van der Waals surface area contributed by atoms with Crippen molar-refractivity contribution < 1.29 is 28.8 Å². The van der Waals surface area contributed by atoms with E-state index in [1.165, 1.54) is 68.9 Å². The molecule has 6 amide bonds. The van der Waals surface area contributed by atoms with Gasteiger partial charge in [0.15, 0.2) is 0 Å². The van der Waals surface area contributed by atoms with E-state index in [0.29, 0.717) is 17.7 Å². The highest BCUT2D eigenvalue weighted by Crippen LogP contribution is 2.42. The van der Waals surface area contributed by atoms with Crippen molar-refractivity contribution in [3.63, 3.8) is 0 Å². The van der Waals surface area contributed by atoms with Crippen molar-refractivity contribution in [2.45, 2.75) is 127 Å². The van der Waals surface area contributed by atoms with Gasteiger partial charge in [-0.2, -0.15) is 0 Å². The molecule has 7 atom stereocenters. The maximum Gasteiger partial charge on any atom is 0.253 e. The zero-order valence-corrected chi connectivity index (χ0v) is 36.9. The molecule has 0 aromatic heterocycles. The Bertz CT molecular complexity index is 1950. The van der Waals surface area contributed by atoms with E-state index in [1.54, 1.807) is 34.1 Å². The normalized spacial score (nSPS) is 23.8. The summed E-state index contributed by atoms with van der Waals surface area (Å²) in [4.78, 5) is 83.9. The van der Waals surface area contributed by atoms with Gasteiger partial charge in [-0.15, -0.1) is 0 Å². The van der Waals surface area contributed by atoms with Gasteiger partial charge in [0.05, 0.1) is 18.4 Å². The third kappa shape index (κ3) is 12.4. The summed E-state index contributed by atoms with van der Waals surface area (Å²) in [6.07, 6.45) is 16.1. The van der Waals surface area contributed by atoms with Crippen LogP contribution in [0.1, 0.15) is 140 Å². The van der Waals surface area contributed by atoms with E-state index in [4.69, 9.17) is 0 Å². The van der Waals surface area contributed by atoms with Gasteiger partial charge < -0.3 is 31.1 Å². The molecular formula is C51H66N6O6. The summed E-state index contributed by atoms with van der Waals surface area (Å²) in [5.41, 5.74) is 2.96. The third-order valence-corrected chi connectivity index (χ3v) is 13.5. The fraction of sp³-hybridized carbons (Fsp3) is 0.529. The minimum Gasteiger partial charge on any atom is -0.352 e. The molecule has 2 aliphatic carbocycles. The van der Waals surface area contributed by atoms with Crippen LogP contribution in [0.15, 0.2) is 84.9 Å². The molecule has 0 spiro atoms. The van der Waals surface area contributed by atoms with Gasteiger partial charge in [0, 0.05) is 61.2 Å². The van der Waals surface area contributed by atoms with Crippen LogP contribution in [0.3, 0.4) is 0 Å². The van der Waals surface area contributed by atoms with Gasteiger partial charge in [-0.25, -0.2) is 0 Å². The van der Waals surface area contributed by atoms with Crippen molar-refractivity contribution in [1.82, 2.24) is 31.1 Å². The van der Waals surface area contributed by atoms with Crippen LogP contribution in [-0.2, 0) is 19.2 Å². The fourth-order valence-corrected chi connectivity index (χ4v) is 9.47. The molecule has 3 aromatic rings. The predicted octanol–water partition coefficient (Wildman–Crippen LogP) is 6.48. The molecule has 63 heavy (non-hydrogen) atoms. The van der Waals surface area contributed by atoms with Crippen LogP contribution in [0.25, 0.3) is 0 Å². The molecule has 12 heteroatoms. The van der Waals surface area contributed by atoms with Crippen LogP contribution in [0.4, 0.5) is 0 Å². The maximum atomic E-state index is 13.9. The number of unbranched alkanes of at least 4 members (excludes halogenated alkanes) is 11. The molecule has 0 bridgehead atoms. The van der Waals surface area contributed by atoms with Gasteiger partial charge in [0.1, 0.15) is 6.04 Å². The number of nitrogens with zero attached hydrogens (tertiary/aromatic N) is 2. The number of benzene rings is 3. The predicted molar refractivity (Wildman–Crippen MR) is 243 cm³/mol. The number of amides is 6. The number of rotatable bonds is 23. The molecule has 336 valence electrons. The van der Waals surface area contributed by atoms with E-state index in [1.807, 2.05) is 36.4 Å². The van der Waals surface area contributed by atoms with E-state index in [9.17, 15) is 28.8 Å². The molecule has 2 aliphatic heterocycles. The summed E-state index contributed by atoms with van der Waals surface area (Å²) in [7, 11) is 0. The number of piperazine rings is 1. The zero-order valence-electron chi connectivity index (χ0n) is 36.9. The highest BCUT2D eigenvalue weighted by molar-refractivity contribution is 6.00. The Hall–Kier alpha value is -5.52. The van der Waals surface area contributed by atoms with E-state index in [0.717, 1.165) is 32.1 Å². The number of hydrogen-bond donors (Lipinski definition) is 4. The minimum atomic E-state index is -0.803. The Balaban J connectivity index is 0.899. The summed E-state index contributed by atoms with van der Waals surface area (Å²) < 4.78 is 0. The zero-order chi connectivity index (χ0) is 44.1. The van der Waals surface area contributed by atoms with Crippen molar-refractivity contribution in [2.24, 2.45) is 11.8 Å². The van der Waals surface area contributed by atoms with Crippen LogP contribution in [0.5, 0.6) is 0 Å². The van der Waals surface area contributed by atoms with Crippen molar-refractivity contribution in [1.29, 1.82) is 0 Å². The van der Waals surface area contributed by atoms with Crippen LogP contribution in [0.2, 0.25) is 0 Å². The van der Waals surface area contributed by atoms with Crippen LogP contribution < -0.4 is 21.3 Å². The summed E-state index contributed by atoms with van der Waals surface area (Å²) in [5, 5.41) is 11.8. The molecular weight excluding hydrogens is 793 g/mol. The van der Waals surface area contributed by atoms with Crippen LogP contribution >= 0.6 is 0 Å². The van der Waals surface area contributed by atoms with E-state index >= 15 is 0 Å². The maximum absolute atomic E-state index is 13.9. The molecule has 4 aliphatic rings. The second-order valence-electron chi connectivity index (χ2n) is 18.2. The van der Waals surface area contributed by atoms with E-state index in [-0.39, 0.29) is 79.6 Å². The molecule has 2 saturated heterocycles. The van der Waals surface area contributed by atoms with Gasteiger partial charge in [-0.05, 0) is 54.7 Å². The van der Waals surface area contributed by atoms with E-state index < -0.39 is 23.8 Å². The number of nitrogens with one attached hydrogen (secondary N) is 4. The van der Waals surface area contributed by atoms with Crippen molar-refractivity contribution in [3.05, 3.63) is 107 Å². The first-order valence-electron chi connectivity index (χ1n) is 23.7. The van der Waals surface area contributed by atoms with Crippen molar-refractivity contribution in [2.75, 3.05) is 32.7 Å². The summed E-state index contributed by atoms with van der Waals surface area (Å²) in [6.45, 7) is 2.82.